The Balaban J connectivity index is 2.82. The molecule has 6 nitrogen and oxygen atoms in total. The molecule has 0 aliphatic rings. The minimum absolute atomic E-state index is 0.0140. The van der Waals surface area contributed by atoms with Gasteiger partial charge in [0.2, 0.25) is 0 Å². The Morgan fingerprint density at radius 1 is 1.19 bits per heavy atom. The molecular weight excluding hydrogens is 212 g/mol. The zero-order valence-corrected chi connectivity index (χ0v) is 9.22. The Hall–Kier alpha value is -1.98. The summed E-state index contributed by atoms with van der Waals surface area (Å²) in [6.45, 7) is 5.18. The monoisotopic (exact) mass is 224 g/mol. The highest BCUT2D eigenvalue weighted by molar-refractivity contribution is 5.88. The quantitative estimate of drug-likeness (QED) is 0.757. The minimum atomic E-state index is -1.19. The first-order valence-corrected chi connectivity index (χ1v) is 4.58. The number of ether oxygens (including phenoxy) is 1. The lowest BCUT2D eigenvalue weighted by atomic mass is 10.2. The third kappa shape index (κ3) is 3.30. The summed E-state index contributed by atoms with van der Waals surface area (Å²) >= 11 is 0. The maximum atomic E-state index is 11.5. The first-order chi connectivity index (χ1) is 7.29. The van der Waals surface area contributed by atoms with Gasteiger partial charge < -0.3 is 9.84 Å². The van der Waals surface area contributed by atoms with Crippen LogP contribution in [0.4, 0.5) is 0 Å². The van der Waals surface area contributed by atoms with E-state index in [1.54, 1.807) is 20.8 Å². The number of carboxylic acids is 1. The van der Waals surface area contributed by atoms with E-state index in [0.29, 0.717) is 0 Å². The summed E-state index contributed by atoms with van der Waals surface area (Å²) in [5, 5.41) is 8.58. The van der Waals surface area contributed by atoms with Crippen LogP contribution in [-0.2, 0) is 4.74 Å². The molecule has 1 N–H and O–H groups in total. The van der Waals surface area contributed by atoms with E-state index in [1.165, 1.54) is 0 Å². The summed E-state index contributed by atoms with van der Waals surface area (Å²) in [5.41, 5.74) is -0.850. The number of aromatic nitrogens is 2. The van der Waals surface area contributed by atoms with Crippen molar-refractivity contribution < 1.29 is 19.4 Å². The summed E-state index contributed by atoms with van der Waals surface area (Å²) in [5.74, 6) is -1.82. The number of aromatic carboxylic acids is 1. The zero-order valence-electron chi connectivity index (χ0n) is 9.22. The van der Waals surface area contributed by atoms with Crippen molar-refractivity contribution in [3.05, 3.63) is 23.8 Å². The lowest BCUT2D eigenvalue weighted by molar-refractivity contribution is 0.00617. The molecule has 1 rings (SSSR count). The van der Waals surface area contributed by atoms with Crippen molar-refractivity contribution in [1.82, 2.24) is 9.97 Å². The van der Waals surface area contributed by atoms with E-state index in [2.05, 4.69) is 9.97 Å². The SMILES string of the molecule is CC(C)(C)OC(=O)c1cnc(C(=O)O)cn1. The van der Waals surface area contributed by atoms with Crippen LogP contribution in [0.2, 0.25) is 0 Å². The van der Waals surface area contributed by atoms with E-state index in [9.17, 15) is 9.59 Å². The van der Waals surface area contributed by atoms with E-state index >= 15 is 0 Å². The second-order valence-corrected chi connectivity index (χ2v) is 4.09. The van der Waals surface area contributed by atoms with Crippen LogP contribution in [-0.4, -0.2) is 32.6 Å². The van der Waals surface area contributed by atoms with Gasteiger partial charge in [-0.25, -0.2) is 19.6 Å². The molecule has 0 fully saturated rings. The minimum Gasteiger partial charge on any atom is -0.476 e. The van der Waals surface area contributed by atoms with Gasteiger partial charge >= 0.3 is 11.9 Å². The largest absolute Gasteiger partial charge is 0.476 e. The standard InChI is InChI=1S/C10H12N2O4/c1-10(2,3)16-9(15)7-5-11-6(4-12-7)8(13)14/h4-5H,1-3H3,(H,13,14). The van der Waals surface area contributed by atoms with E-state index in [0.717, 1.165) is 12.4 Å². The second-order valence-electron chi connectivity index (χ2n) is 4.09. The van der Waals surface area contributed by atoms with Crippen LogP contribution in [0, 0.1) is 0 Å². The Kier molecular flexibility index (Phi) is 3.22. The Bertz CT molecular complexity index is 406. The predicted molar refractivity (Wildman–Crippen MR) is 54.2 cm³/mol. The maximum Gasteiger partial charge on any atom is 0.359 e. The van der Waals surface area contributed by atoms with Gasteiger partial charge in [-0.05, 0) is 20.8 Å². The van der Waals surface area contributed by atoms with Gasteiger partial charge in [-0.2, -0.15) is 0 Å². The van der Waals surface area contributed by atoms with Gasteiger partial charge in [0.05, 0.1) is 12.4 Å². The molecular formula is C10H12N2O4. The van der Waals surface area contributed by atoms with Gasteiger partial charge in [0.25, 0.3) is 0 Å². The van der Waals surface area contributed by atoms with Crippen LogP contribution in [0.25, 0.3) is 0 Å². The van der Waals surface area contributed by atoms with Crippen LogP contribution >= 0.6 is 0 Å². The van der Waals surface area contributed by atoms with E-state index < -0.39 is 17.5 Å². The molecule has 0 saturated carbocycles. The van der Waals surface area contributed by atoms with Crippen molar-refractivity contribution in [2.24, 2.45) is 0 Å². The summed E-state index contributed by atoms with van der Waals surface area (Å²) in [4.78, 5) is 29.2. The molecule has 86 valence electrons. The number of hydrogen-bond acceptors (Lipinski definition) is 5. The molecule has 0 aliphatic carbocycles. The zero-order chi connectivity index (χ0) is 12.3. The second kappa shape index (κ2) is 4.26. The third-order valence-electron chi connectivity index (χ3n) is 1.48. The smallest absolute Gasteiger partial charge is 0.359 e. The van der Waals surface area contributed by atoms with Crippen molar-refractivity contribution in [3.8, 4) is 0 Å². The Morgan fingerprint density at radius 2 is 1.69 bits per heavy atom. The molecule has 0 atom stereocenters. The molecule has 1 aromatic rings. The van der Waals surface area contributed by atoms with E-state index in [-0.39, 0.29) is 11.4 Å². The Labute approximate surface area is 92.3 Å². The van der Waals surface area contributed by atoms with Crippen molar-refractivity contribution >= 4 is 11.9 Å². The average molecular weight is 224 g/mol. The molecule has 0 aromatic carbocycles. The number of rotatable bonds is 2. The fourth-order valence-electron chi connectivity index (χ4n) is 0.874. The summed E-state index contributed by atoms with van der Waals surface area (Å²) in [6, 6.07) is 0. The van der Waals surface area contributed by atoms with Crippen molar-refractivity contribution in [3.63, 3.8) is 0 Å². The topological polar surface area (TPSA) is 89.4 Å². The summed E-state index contributed by atoms with van der Waals surface area (Å²) in [6.07, 6.45) is 2.10. The van der Waals surface area contributed by atoms with Crippen LogP contribution in [0.15, 0.2) is 12.4 Å². The molecule has 1 heterocycles. The molecule has 0 saturated heterocycles. The number of carbonyl (C=O) groups excluding carboxylic acids is 1. The fourth-order valence-corrected chi connectivity index (χ4v) is 0.874. The average Bonchev–Trinajstić information content (AvgIpc) is 2.15. The highest BCUT2D eigenvalue weighted by atomic mass is 16.6. The normalized spacial score (nSPS) is 10.9. The molecule has 0 radical (unpaired) electrons. The first-order valence-electron chi connectivity index (χ1n) is 4.58. The molecule has 0 amide bonds. The highest BCUT2D eigenvalue weighted by Crippen LogP contribution is 2.10. The number of carboxylic acid groups (broad SMARTS) is 1. The summed E-state index contributed by atoms with van der Waals surface area (Å²) < 4.78 is 5.04. The van der Waals surface area contributed by atoms with Crippen LogP contribution < -0.4 is 0 Å². The fraction of sp³-hybridized carbons (Fsp3) is 0.400. The number of carbonyl (C=O) groups is 2. The molecule has 16 heavy (non-hydrogen) atoms. The first kappa shape index (κ1) is 12.1. The van der Waals surface area contributed by atoms with Gasteiger partial charge in [-0.1, -0.05) is 0 Å². The van der Waals surface area contributed by atoms with Crippen LogP contribution in [0.5, 0.6) is 0 Å². The van der Waals surface area contributed by atoms with Crippen molar-refractivity contribution in [2.75, 3.05) is 0 Å². The van der Waals surface area contributed by atoms with Crippen LogP contribution in [0.3, 0.4) is 0 Å². The molecule has 0 unspecified atom stereocenters. The van der Waals surface area contributed by atoms with E-state index in [4.69, 9.17) is 9.84 Å². The van der Waals surface area contributed by atoms with Crippen molar-refractivity contribution in [2.45, 2.75) is 26.4 Å². The van der Waals surface area contributed by atoms with Crippen molar-refractivity contribution in [1.29, 1.82) is 0 Å². The molecule has 0 spiro atoms. The lowest BCUT2D eigenvalue weighted by Gasteiger charge is -2.18. The maximum absolute atomic E-state index is 11.5. The summed E-state index contributed by atoms with van der Waals surface area (Å²) in [7, 11) is 0. The lowest BCUT2D eigenvalue weighted by Crippen LogP contribution is -2.24. The highest BCUT2D eigenvalue weighted by Gasteiger charge is 2.19. The van der Waals surface area contributed by atoms with Gasteiger partial charge in [0, 0.05) is 0 Å². The molecule has 0 bridgehead atoms. The Morgan fingerprint density at radius 3 is 2.06 bits per heavy atom. The van der Waals surface area contributed by atoms with Crippen LogP contribution in [0.1, 0.15) is 41.7 Å². The predicted octanol–water partition coefficient (Wildman–Crippen LogP) is 1.13. The molecule has 6 heteroatoms. The molecule has 1 aromatic heterocycles. The number of esters is 1. The number of nitrogens with zero attached hydrogens (tertiary/aromatic N) is 2. The molecule has 0 aliphatic heterocycles. The van der Waals surface area contributed by atoms with Gasteiger partial charge in [0.1, 0.15) is 5.60 Å². The number of hydrogen-bond donors (Lipinski definition) is 1. The third-order valence-corrected chi connectivity index (χ3v) is 1.48. The van der Waals surface area contributed by atoms with Gasteiger partial charge in [-0.3, -0.25) is 0 Å². The van der Waals surface area contributed by atoms with E-state index in [1.807, 2.05) is 0 Å². The van der Waals surface area contributed by atoms with Gasteiger partial charge in [0.15, 0.2) is 11.4 Å². The van der Waals surface area contributed by atoms with Gasteiger partial charge in [-0.15, -0.1) is 0 Å².